The maximum absolute atomic E-state index is 12.9. The number of hydrogen-bond acceptors (Lipinski definition) is 6. The third-order valence-corrected chi connectivity index (χ3v) is 3.87. The zero-order valence-electron chi connectivity index (χ0n) is 11.8. The molecule has 0 saturated heterocycles. The minimum atomic E-state index is -0.290. The first-order valence-corrected chi connectivity index (χ1v) is 7.73. The molecule has 3 heterocycles. The van der Waals surface area contributed by atoms with Gasteiger partial charge in [-0.3, -0.25) is 0 Å². The summed E-state index contributed by atoms with van der Waals surface area (Å²) in [5.74, 6) is 1.30. The second-order valence-corrected chi connectivity index (χ2v) is 5.56. The van der Waals surface area contributed by atoms with E-state index in [0.717, 1.165) is 11.1 Å². The molecule has 23 heavy (non-hydrogen) atoms. The second-order valence-electron chi connectivity index (χ2n) is 4.78. The van der Waals surface area contributed by atoms with Crippen LogP contribution in [0.25, 0.3) is 22.7 Å². The Hall–Kier alpha value is -2.87. The van der Waals surface area contributed by atoms with E-state index >= 15 is 0 Å². The van der Waals surface area contributed by atoms with Gasteiger partial charge in [-0.25, -0.2) is 9.37 Å². The van der Waals surface area contributed by atoms with E-state index in [1.807, 2.05) is 16.8 Å². The summed E-state index contributed by atoms with van der Waals surface area (Å²) in [7, 11) is 0. The van der Waals surface area contributed by atoms with Crippen LogP contribution in [0.1, 0.15) is 5.89 Å². The Morgan fingerprint density at radius 1 is 1.13 bits per heavy atom. The van der Waals surface area contributed by atoms with Gasteiger partial charge in [0.05, 0.1) is 6.20 Å². The fourth-order valence-corrected chi connectivity index (χ4v) is 2.70. The Kier molecular flexibility index (Phi) is 3.43. The molecule has 0 bridgehead atoms. The van der Waals surface area contributed by atoms with Crippen LogP contribution >= 0.6 is 11.3 Å². The van der Waals surface area contributed by atoms with Crippen LogP contribution in [-0.2, 0) is 6.54 Å². The number of hydrogen-bond donors (Lipinski definition) is 0. The zero-order valence-corrected chi connectivity index (χ0v) is 12.6. The van der Waals surface area contributed by atoms with Gasteiger partial charge in [0, 0.05) is 16.5 Å². The van der Waals surface area contributed by atoms with E-state index in [9.17, 15) is 4.39 Å². The first kappa shape index (κ1) is 13.8. The van der Waals surface area contributed by atoms with Crippen LogP contribution in [0.4, 0.5) is 4.39 Å². The van der Waals surface area contributed by atoms with Crippen molar-refractivity contribution in [2.75, 3.05) is 0 Å². The van der Waals surface area contributed by atoms with Crippen molar-refractivity contribution < 1.29 is 8.81 Å². The summed E-state index contributed by atoms with van der Waals surface area (Å²) < 4.78 is 18.6. The Morgan fingerprint density at radius 3 is 2.78 bits per heavy atom. The molecule has 0 N–H and O–H groups in total. The van der Waals surface area contributed by atoms with E-state index in [2.05, 4.69) is 20.4 Å². The van der Waals surface area contributed by atoms with Crippen LogP contribution in [0.15, 0.2) is 51.7 Å². The van der Waals surface area contributed by atoms with Gasteiger partial charge >= 0.3 is 0 Å². The van der Waals surface area contributed by atoms with Gasteiger partial charge in [-0.15, -0.1) is 10.2 Å². The normalized spacial score (nSPS) is 11.0. The van der Waals surface area contributed by atoms with Crippen molar-refractivity contribution in [1.29, 1.82) is 0 Å². The highest BCUT2D eigenvalue weighted by Gasteiger charge is 2.11. The number of rotatable bonds is 4. The molecule has 0 aliphatic heterocycles. The van der Waals surface area contributed by atoms with Crippen molar-refractivity contribution in [3.05, 3.63) is 59.0 Å². The number of oxazole rings is 1. The van der Waals surface area contributed by atoms with E-state index in [-0.39, 0.29) is 12.4 Å². The molecule has 114 valence electrons. The van der Waals surface area contributed by atoms with Gasteiger partial charge in [0.2, 0.25) is 11.7 Å². The Morgan fingerprint density at radius 2 is 2.00 bits per heavy atom. The average molecular weight is 327 g/mol. The standard InChI is InChI=1S/C15H10FN5OS/c16-12-3-1-10(2-4-12)13-7-17-14(22-13)8-21-19-15(18-20-21)11-5-6-23-9-11/h1-7,9H,8H2. The number of nitrogens with zero attached hydrogens (tertiary/aromatic N) is 5. The van der Waals surface area contributed by atoms with Crippen molar-refractivity contribution >= 4 is 11.3 Å². The van der Waals surface area contributed by atoms with Crippen molar-refractivity contribution in [3.8, 4) is 22.7 Å². The molecule has 4 rings (SSSR count). The lowest BCUT2D eigenvalue weighted by Crippen LogP contribution is -2.04. The van der Waals surface area contributed by atoms with E-state index < -0.39 is 0 Å². The van der Waals surface area contributed by atoms with Crippen molar-refractivity contribution in [1.82, 2.24) is 25.2 Å². The summed E-state index contributed by atoms with van der Waals surface area (Å²) in [6.07, 6.45) is 1.60. The molecule has 0 radical (unpaired) electrons. The Balaban J connectivity index is 1.53. The van der Waals surface area contributed by atoms with Gasteiger partial charge in [-0.05, 0) is 40.9 Å². The van der Waals surface area contributed by atoms with Gasteiger partial charge in [0.25, 0.3) is 0 Å². The largest absolute Gasteiger partial charge is 0.439 e. The number of thiophene rings is 1. The highest BCUT2D eigenvalue weighted by Crippen LogP contribution is 2.21. The second kappa shape index (κ2) is 5.73. The van der Waals surface area contributed by atoms with Crippen LogP contribution in [0.2, 0.25) is 0 Å². The van der Waals surface area contributed by atoms with Gasteiger partial charge < -0.3 is 4.42 Å². The lowest BCUT2D eigenvalue weighted by atomic mass is 10.2. The maximum atomic E-state index is 12.9. The van der Waals surface area contributed by atoms with Crippen LogP contribution in [0, 0.1) is 5.82 Å². The summed E-state index contributed by atoms with van der Waals surface area (Å²) in [6.45, 7) is 0.276. The third kappa shape index (κ3) is 2.88. The molecule has 4 aromatic rings. The van der Waals surface area contributed by atoms with E-state index in [1.54, 1.807) is 29.7 Å². The number of aromatic nitrogens is 5. The predicted molar refractivity (Wildman–Crippen MR) is 82.1 cm³/mol. The van der Waals surface area contributed by atoms with Crippen molar-refractivity contribution in [3.63, 3.8) is 0 Å². The van der Waals surface area contributed by atoms with Crippen molar-refractivity contribution in [2.24, 2.45) is 0 Å². The monoisotopic (exact) mass is 327 g/mol. The summed E-state index contributed by atoms with van der Waals surface area (Å²) in [5.41, 5.74) is 1.69. The molecule has 6 nitrogen and oxygen atoms in total. The molecule has 8 heteroatoms. The molecule has 0 atom stereocenters. The first-order valence-electron chi connectivity index (χ1n) is 6.79. The van der Waals surface area contributed by atoms with Gasteiger partial charge in [-0.2, -0.15) is 16.1 Å². The number of halogens is 1. The number of tetrazole rings is 1. The minimum absolute atomic E-state index is 0.276. The molecule has 3 aromatic heterocycles. The fourth-order valence-electron chi connectivity index (χ4n) is 2.07. The van der Waals surface area contributed by atoms with Gasteiger partial charge in [0.1, 0.15) is 12.4 Å². The lowest BCUT2D eigenvalue weighted by molar-refractivity contribution is 0.446. The van der Waals surface area contributed by atoms with Gasteiger partial charge in [0.15, 0.2) is 5.76 Å². The smallest absolute Gasteiger partial charge is 0.218 e. The molecule has 0 amide bonds. The zero-order chi connectivity index (χ0) is 15.6. The molecule has 0 saturated carbocycles. The Labute approximate surface area is 134 Å². The molecule has 0 spiro atoms. The van der Waals surface area contributed by atoms with Crippen LogP contribution in [0.3, 0.4) is 0 Å². The summed E-state index contributed by atoms with van der Waals surface area (Å²) in [6, 6.07) is 7.97. The molecular weight excluding hydrogens is 317 g/mol. The fraction of sp³-hybridized carbons (Fsp3) is 0.0667. The van der Waals surface area contributed by atoms with Crippen molar-refractivity contribution in [2.45, 2.75) is 6.54 Å². The van der Waals surface area contributed by atoms with Crippen LogP contribution in [-0.4, -0.2) is 25.2 Å². The van der Waals surface area contributed by atoms with Crippen LogP contribution < -0.4 is 0 Å². The Bertz CT molecular complexity index is 914. The molecule has 0 aliphatic rings. The lowest BCUT2D eigenvalue weighted by Gasteiger charge is -1.96. The maximum Gasteiger partial charge on any atom is 0.218 e. The predicted octanol–water partition coefficient (Wildman–Crippen LogP) is 3.24. The molecule has 0 aliphatic carbocycles. The highest BCUT2D eigenvalue weighted by molar-refractivity contribution is 7.08. The van der Waals surface area contributed by atoms with E-state index in [0.29, 0.717) is 17.5 Å². The molecule has 0 fully saturated rings. The summed E-state index contributed by atoms with van der Waals surface area (Å²) in [4.78, 5) is 5.62. The SMILES string of the molecule is Fc1ccc(-c2cnc(Cn3nnc(-c4ccsc4)n3)o2)cc1. The topological polar surface area (TPSA) is 69.6 Å². The van der Waals surface area contributed by atoms with Crippen LogP contribution in [0.5, 0.6) is 0 Å². The van der Waals surface area contributed by atoms with E-state index in [1.165, 1.54) is 16.9 Å². The van der Waals surface area contributed by atoms with Gasteiger partial charge in [-0.1, -0.05) is 0 Å². The first-order chi connectivity index (χ1) is 11.3. The molecule has 0 unspecified atom stereocenters. The summed E-state index contributed by atoms with van der Waals surface area (Å²) in [5, 5.41) is 16.2. The highest BCUT2D eigenvalue weighted by atomic mass is 32.1. The minimum Gasteiger partial charge on any atom is -0.439 e. The molecule has 1 aromatic carbocycles. The average Bonchev–Trinajstić information content (AvgIpc) is 3.29. The molecular formula is C15H10FN5OS. The van der Waals surface area contributed by atoms with E-state index in [4.69, 9.17) is 4.42 Å². The quantitative estimate of drug-likeness (QED) is 0.575. The third-order valence-electron chi connectivity index (χ3n) is 3.19. The summed E-state index contributed by atoms with van der Waals surface area (Å²) >= 11 is 1.58. The number of benzene rings is 1.